The quantitative estimate of drug-likeness (QED) is 0.375. The van der Waals surface area contributed by atoms with Crippen molar-refractivity contribution in [3.05, 3.63) is 81.7 Å². The highest BCUT2D eigenvalue weighted by Gasteiger charge is 2.36. The number of phenols is 1. The van der Waals surface area contributed by atoms with Crippen LogP contribution in [0.15, 0.2) is 60.4 Å². The fourth-order valence-electron chi connectivity index (χ4n) is 3.37. The fourth-order valence-corrected chi connectivity index (χ4v) is 3.37. The summed E-state index contributed by atoms with van der Waals surface area (Å²) in [6, 6.07) is 11.6. The molecule has 152 valence electrons. The highest BCUT2D eigenvalue weighted by atomic mass is 16.6. The second kappa shape index (κ2) is 7.66. The number of nitrogens with one attached hydrogen (secondary N) is 1. The number of rotatable bonds is 5. The largest absolute Gasteiger partial charge is 0.508 e. The van der Waals surface area contributed by atoms with Gasteiger partial charge in [-0.15, -0.1) is 0 Å². The minimum atomic E-state index is -0.722. The van der Waals surface area contributed by atoms with Gasteiger partial charge in [-0.25, -0.2) is 9.48 Å². The molecular weight excluding hydrogens is 390 g/mol. The summed E-state index contributed by atoms with van der Waals surface area (Å²) in [5, 5.41) is 28.3. The summed E-state index contributed by atoms with van der Waals surface area (Å²) in [5.41, 5.74) is 1.72. The number of anilines is 1. The van der Waals surface area contributed by atoms with E-state index in [9.17, 15) is 20.0 Å². The molecule has 0 aliphatic carbocycles. The summed E-state index contributed by atoms with van der Waals surface area (Å²) in [6.45, 7) is 1.86. The molecule has 0 saturated heterocycles. The molecule has 2 N–H and O–H groups in total. The zero-order valence-corrected chi connectivity index (χ0v) is 15.8. The van der Waals surface area contributed by atoms with Gasteiger partial charge < -0.3 is 15.2 Å². The molecule has 1 aliphatic heterocycles. The summed E-state index contributed by atoms with van der Waals surface area (Å²) in [5.74, 6) is -0.162. The number of nitro benzene ring substituents is 1. The van der Waals surface area contributed by atoms with E-state index < -0.39 is 16.9 Å². The van der Waals surface area contributed by atoms with E-state index in [0.29, 0.717) is 22.8 Å². The van der Waals surface area contributed by atoms with Crippen LogP contribution in [0.5, 0.6) is 5.75 Å². The molecule has 0 radical (unpaired) electrons. The molecule has 2 heterocycles. The Kier molecular flexibility index (Phi) is 4.88. The molecule has 1 atom stereocenters. The molecule has 0 amide bonds. The maximum absolute atomic E-state index is 13.0. The number of nitrogens with zero attached hydrogens (tertiary/aromatic N) is 4. The molecule has 2 aromatic carbocycles. The lowest BCUT2D eigenvalue weighted by molar-refractivity contribution is -0.384. The van der Waals surface area contributed by atoms with E-state index in [1.165, 1.54) is 35.3 Å². The number of phenolic OH excluding ortho intramolecular Hbond substituents is 1. The molecule has 1 aromatic heterocycles. The van der Waals surface area contributed by atoms with Crippen molar-refractivity contribution in [1.82, 2.24) is 14.8 Å². The Morgan fingerprint density at radius 2 is 2.07 bits per heavy atom. The smallest absolute Gasteiger partial charge is 0.338 e. The monoisotopic (exact) mass is 407 g/mol. The highest BCUT2D eigenvalue weighted by Crippen LogP contribution is 2.39. The van der Waals surface area contributed by atoms with E-state index in [0.717, 1.165) is 0 Å². The Bertz CT molecular complexity index is 1150. The van der Waals surface area contributed by atoms with E-state index in [1.807, 2.05) is 0 Å². The number of ether oxygens (including phenoxy) is 1. The maximum Gasteiger partial charge on any atom is 0.338 e. The third-order valence-corrected chi connectivity index (χ3v) is 4.65. The van der Waals surface area contributed by atoms with Gasteiger partial charge in [0, 0.05) is 12.1 Å². The number of fused-ring (bicyclic) bond motifs is 1. The third-order valence-electron chi connectivity index (χ3n) is 4.65. The first-order chi connectivity index (χ1) is 14.5. The van der Waals surface area contributed by atoms with Crippen LogP contribution >= 0.6 is 0 Å². The van der Waals surface area contributed by atoms with E-state index in [-0.39, 0.29) is 23.6 Å². The average Bonchev–Trinajstić information content (AvgIpc) is 3.21. The molecule has 4 rings (SSSR count). The zero-order chi connectivity index (χ0) is 21.3. The van der Waals surface area contributed by atoms with E-state index in [4.69, 9.17) is 4.74 Å². The average molecular weight is 407 g/mol. The van der Waals surface area contributed by atoms with Gasteiger partial charge in [-0.2, -0.15) is 10.1 Å². The van der Waals surface area contributed by atoms with Gasteiger partial charge in [0.15, 0.2) is 0 Å². The number of carbonyl (C=O) groups excluding carboxylic acids is 1. The highest BCUT2D eigenvalue weighted by molar-refractivity contribution is 6.02. The molecule has 0 spiro atoms. The topological polar surface area (TPSA) is 132 Å². The molecule has 10 heteroatoms. The van der Waals surface area contributed by atoms with Gasteiger partial charge in [-0.3, -0.25) is 10.1 Å². The normalized spacial score (nSPS) is 15.3. The molecule has 0 saturated carbocycles. The van der Waals surface area contributed by atoms with Gasteiger partial charge in [0.1, 0.15) is 18.1 Å². The first-order valence-electron chi connectivity index (χ1n) is 9.11. The summed E-state index contributed by atoms with van der Waals surface area (Å²) < 4.78 is 6.82. The molecule has 1 unspecified atom stereocenters. The number of nitro groups is 1. The standard InChI is InChI=1S/C20H17N5O5/c1-2-30-19(27)16-17(12-6-8-14(9-7-12)25(28)29)23-20-21-11-22-24(20)18(16)13-4-3-5-15(26)10-13/h3-11,18,26H,2H2,1H3,(H,21,22,23). The van der Waals surface area contributed by atoms with Gasteiger partial charge in [-0.1, -0.05) is 12.1 Å². The van der Waals surface area contributed by atoms with Crippen LogP contribution in [-0.2, 0) is 9.53 Å². The van der Waals surface area contributed by atoms with Crippen molar-refractivity contribution in [3.8, 4) is 5.75 Å². The van der Waals surface area contributed by atoms with E-state index in [1.54, 1.807) is 31.2 Å². The third kappa shape index (κ3) is 3.34. The number of benzene rings is 2. The van der Waals surface area contributed by atoms with Gasteiger partial charge in [0.05, 0.1) is 22.8 Å². The molecular formula is C20H17N5O5. The molecule has 10 nitrogen and oxygen atoms in total. The summed E-state index contributed by atoms with van der Waals surface area (Å²) >= 11 is 0. The lowest BCUT2D eigenvalue weighted by Crippen LogP contribution is -2.30. The van der Waals surface area contributed by atoms with Crippen LogP contribution < -0.4 is 5.32 Å². The van der Waals surface area contributed by atoms with Crippen LogP contribution in [0.3, 0.4) is 0 Å². The molecule has 3 aromatic rings. The van der Waals surface area contributed by atoms with Crippen molar-refractivity contribution >= 4 is 23.3 Å². The van der Waals surface area contributed by atoms with Crippen LogP contribution in [0.25, 0.3) is 5.70 Å². The predicted molar refractivity (Wildman–Crippen MR) is 107 cm³/mol. The van der Waals surface area contributed by atoms with E-state index in [2.05, 4.69) is 15.4 Å². The molecule has 0 fully saturated rings. The molecule has 30 heavy (non-hydrogen) atoms. The summed E-state index contributed by atoms with van der Waals surface area (Å²) in [4.78, 5) is 27.7. The predicted octanol–water partition coefficient (Wildman–Crippen LogP) is 2.88. The fraction of sp³-hybridized carbons (Fsp3) is 0.150. The summed E-state index contributed by atoms with van der Waals surface area (Å²) in [6.07, 6.45) is 1.35. The Balaban J connectivity index is 1.94. The van der Waals surface area contributed by atoms with Gasteiger partial charge in [-0.05, 0) is 42.3 Å². The Hall–Kier alpha value is -4.21. The zero-order valence-electron chi connectivity index (χ0n) is 15.8. The van der Waals surface area contributed by atoms with Gasteiger partial charge in [0.2, 0.25) is 5.95 Å². The van der Waals surface area contributed by atoms with Crippen molar-refractivity contribution < 1.29 is 19.6 Å². The van der Waals surface area contributed by atoms with Gasteiger partial charge >= 0.3 is 5.97 Å². The lowest BCUT2D eigenvalue weighted by atomic mass is 9.92. The van der Waals surface area contributed by atoms with Crippen molar-refractivity contribution in [2.45, 2.75) is 13.0 Å². The molecule has 0 bridgehead atoms. The first kappa shape index (κ1) is 19.1. The van der Waals surface area contributed by atoms with Crippen LogP contribution in [0, 0.1) is 10.1 Å². The molecule has 1 aliphatic rings. The number of carbonyl (C=O) groups is 1. The maximum atomic E-state index is 13.0. The number of hydrogen-bond acceptors (Lipinski definition) is 8. The van der Waals surface area contributed by atoms with Crippen LogP contribution in [0.1, 0.15) is 24.1 Å². The lowest BCUT2D eigenvalue weighted by Gasteiger charge is -2.29. The van der Waals surface area contributed by atoms with Crippen LogP contribution in [-0.4, -0.2) is 37.4 Å². The van der Waals surface area contributed by atoms with E-state index >= 15 is 0 Å². The number of aromatic hydroxyl groups is 1. The Morgan fingerprint density at radius 3 is 2.73 bits per heavy atom. The first-order valence-corrected chi connectivity index (χ1v) is 9.11. The number of aromatic nitrogens is 3. The second-order valence-corrected chi connectivity index (χ2v) is 6.46. The summed E-state index contributed by atoms with van der Waals surface area (Å²) in [7, 11) is 0. The van der Waals surface area contributed by atoms with Crippen molar-refractivity contribution in [2.75, 3.05) is 11.9 Å². The second-order valence-electron chi connectivity index (χ2n) is 6.46. The van der Waals surface area contributed by atoms with Crippen molar-refractivity contribution in [2.24, 2.45) is 0 Å². The minimum absolute atomic E-state index is 0.0350. The van der Waals surface area contributed by atoms with Crippen LogP contribution in [0.2, 0.25) is 0 Å². The van der Waals surface area contributed by atoms with Crippen molar-refractivity contribution in [1.29, 1.82) is 0 Å². The van der Waals surface area contributed by atoms with Gasteiger partial charge in [0.25, 0.3) is 5.69 Å². The van der Waals surface area contributed by atoms with Crippen LogP contribution in [0.4, 0.5) is 11.6 Å². The Labute approximate surface area is 170 Å². The Morgan fingerprint density at radius 1 is 1.30 bits per heavy atom. The number of esters is 1. The SMILES string of the molecule is CCOC(=O)C1=C(c2ccc([N+](=O)[O-])cc2)Nc2ncnn2C1c1cccc(O)c1. The van der Waals surface area contributed by atoms with Crippen molar-refractivity contribution in [3.63, 3.8) is 0 Å². The minimum Gasteiger partial charge on any atom is -0.508 e. The number of hydrogen-bond donors (Lipinski definition) is 2. The number of non-ortho nitro benzene ring substituents is 1.